The average molecular weight is 304 g/mol. The highest BCUT2D eigenvalue weighted by atomic mass is 35.5. The molecule has 106 valence electrons. The van der Waals surface area contributed by atoms with Crippen LogP contribution in [0.2, 0.25) is 5.02 Å². The summed E-state index contributed by atoms with van der Waals surface area (Å²) in [4.78, 5) is 0. The van der Waals surface area contributed by atoms with Crippen molar-refractivity contribution in [3.63, 3.8) is 0 Å². The van der Waals surface area contributed by atoms with Gasteiger partial charge in [-0.15, -0.1) is 5.10 Å². The third-order valence-corrected chi connectivity index (χ3v) is 3.24. The summed E-state index contributed by atoms with van der Waals surface area (Å²) in [5, 5.41) is 12.1. The van der Waals surface area contributed by atoms with E-state index in [-0.39, 0.29) is 0 Å². The fraction of sp³-hybridized carbons (Fsp3) is 0.0714. The maximum absolute atomic E-state index is 13.4. The van der Waals surface area contributed by atoms with E-state index in [1.54, 1.807) is 10.7 Å². The second kappa shape index (κ2) is 5.49. The first-order valence-electron chi connectivity index (χ1n) is 6.19. The lowest BCUT2D eigenvalue weighted by Crippen LogP contribution is -2.05. The molecule has 0 unspecified atom stereocenters. The molecule has 21 heavy (non-hydrogen) atoms. The highest BCUT2D eigenvalue weighted by Gasteiger charge is 2.13. The zero-order chi connectivity index (χ0) is 14.8. The van der Waals surface area contributed by atoms with Gasteiger partial charge in [0, 0.05) is 16.3 Å². The zero-order valence-electron chi connectivity index (χ0n) is 10.9. The van der Waals surface area contributed by atoms with Crippen LogP contribution in [0.1, 0.15) is 5.56 Å². The number of nitrogens with zero attached hydrogens (tertiary/aromatic N) is 4. The standard InChI is InChI=1S/C14H11ClFN5/c15-10-3-1-2-9(6-10)8-21-14(18-19-20-21)12-7-11(16)4-5-13(12)17/h1-7H,8,17H2. The summed E-state index contributed by atoms with van der Waals surface area (Å²) in [6.45, 7) is 0.416. The van der Waals surface area contributed by atoms with Crippen molar-refractivity contribution in [1.82, 2.24) is 20.2 Å². The highest BCUT2D eigenvalue weighted by molar-refractivity contribution is 6.30. The van der Waals surface area contributed by atoms with E-state index < -0.39 is 5.82 Å². The van der Waals surface area contributed by atoms with E-state index in [2.05, 4.69) is 15.5 Å². The van der Waals surface area contributed by atoms with Crippen LogP contribution in [0.4, 0.5) is 10.1 Å². The second-order valence-electron chi connectivity index (χ2n) is 4.52. The smallest absolute Gasteiger partial charge is 0.184 e. The minimum atomic E-state index is -0.392. The molecule has 1 aromatic heterocycles. The number of tetrazole rings is 1. The Labute approximate surface area is 125 Å². The predicted octanol–water partition coefficient (Wildman–Crippen LogP) is 2.76. The summed E-state index contributed by atoms with van der Waals surface area (Å²) in [5.41, 5.74) is 7.68. The lowest BCUT2D eigenvalue weighted by atomic mass is 10.1. The molecular weight excluding hydrogens is 293 g/mol. The first kappa shape index (κ1) is 13.5. The van der Waals surface area contributed by atoms with Gasteiger partial charge in [-0.05, 0) is 46.3 Å². The Balaban J connectivity index is 1.99. The largest absolute Gasteiger partial charge is 0.398 e. The van der Waals surface area contributed by atoms with Gasteiger partial charge >= 0.3 is 0 Å². The molecule has 0 atom stereocenters. The number of hydrogen-bond donors (Lipinski definition) is 1. The molecule has 5 nitrogen and oxygen atoms in total. The van der Waals surface area contributed by atoms with E-state index in [4.69, 9.17) is 17.3 Å². The van der Waals surface area contributed by atoms with E-state index in [1.807, 2.05) is 18.2 Å². The number of nitrogen functional groups attached to an aromatic ring is 1. The normalized spacial score (nSPS) is 10.8. The van der Waals surface area contributed by atoms with Crippen LogP contribution >= 0.6 is 11.6 Å². The quantitative estimate of drug-likeness (QED) is 0.755. The van der Waals surface area contributed by atoms with E-state index >= 15 is 0 Å². The molecule has 0 bridgehead atoms. The molecule has 0 radical (unpaired) electrons. The van der Waals surface area contributed by atoms with Crippen molar-refractivity contribution in [2.75, 3.05) is 5.73 Å². The van der Waals surface area contributed by atoms with Crippen LogP contribution in [-0.4, -0.2) is 20.2 Å². The van der Waals surface area contributed by atoms with Crippen molar-refractivity contribution in [1.29, 1.82) is 0 Å². The van der Waals surface area contributed by atoms with Gasteiger partial charge in [0.25, 0.3) is 0 Å². The van der Waals surface area contributed by atoms with Gasteiger partial charge in [0.05, 0.1) is 6.54 Å². The molecular formula is C14H11ClFN5. The number of rotatable bonds is 3. The molecule has 7 heteroatoms. The van der Waals surface area contributed by atoms with E-state index in [9.17, 15) is 4.39 Å². The third kappa shape index (κ3) is 2.85. The maximum atomic E-state index is 13.4. The van der Waals surface area contributed by atoms with Crippen molar-refractivity contribution < 1.29 is 4.39 Å². The van der Waals surface area contributed by atoms with Crippen molar-refractivity contribution in [2.24, 2.45) is 0 Å². The number of anilines is 1. The molecule has 1 heterocycles. The number of benzene rings is 2. The van der Waals surface area contributed by atoms with Crippen LogP contribution < -0.4 is 5.73 Å². The average Bonchev–Trinajstić information content (AvgIpc) is 2.89. The first-order valence-corrected chi connectivity index (χ1v) is 6.57. The van der Waals surface area contributed by atoms with E-state index in [0.717, 1.165) is 5.56 Å². The molecule has 3 aromatic rings. The Morgan fingerprint density at radius 3 is 2.86 bits per heavy atom. The molecule has 2 aromatic carbocycles. The summed E-state index contributed by atoms with van der Waals surface area (Å²) in [5.74, 6) is 0.0171. The van der Waals surface area contributed by atoms with Crippen molar-refractivity contribution in [3.05, 3.63) is 58.9 Å². The van der Waals surface area contributed by atoms with Crippen LogP contribution in [-0.2, 0) is 6.54 Å². The van der Waals surface area contributed by atoms with Gasteiger partial charge in [-0.1, -0.05) is 23.7 Å². The Morgan fingerprint density at radius 1 is 1.19 bits per heavy atom. The Morgan fingerprint density at radius 2 is 2.05 bits per heavy atom. The van der Waals surface area contributed by atoms with Crippen LogP contribution in [0.15, 0.2) is 42.5 Å². The molecule has 0 amide bonds. The SMILES string of the molecule is Nc1ccc(F)cc1-c1nnnn1Cc1cccc(Cl)c1. The van der Waals surface area contributed by atoms with Gasteiger partial charge < -0.3 is 5.73 Å². The first-order chi connectivity index (χ1) is 10.1. The van der Waals surface area contributed by atoms with Crippen LogP contribution in [0.25, 0.3) is 11.4 Å². The monoisotopic (exact) mass is 303 g/mol. The topological polar surface area (TPSA) is 69.6 Å². The number of aromatic nitrogens is 4. The Kier molecular flexibility index (Phi) is 3.53. The van der Waals surface area contributed by atoms with E-state index in [1.165, 1.54) is 18.2 Å². The van der Waals surface area contributed by atoms with Crippen LogP contribution in [0.3, 0.4) is 0 Å². The molecule has 0 saturated carbocycles. The summed E-state index contributed by atoms with van der Waals surface area (Å²) in [6.07, 6.45) is 0. The second-order valence-corrected chi connectivity index (χ2v) is 4.96. The molecule has 0 saturated heterocycles. The van der Waals surface area contributed by atoms with Crippen LogP contribution in [0.5, 0.6) is 0 Å². The minimum Gasteiger partial charge on any atom is -0.398 e. The highest BCUT2D eigenvalue weighted by Crippen LogP contribution is 2.24. The zero-order valence-corrected chi connectivity index (χ0v) is 11.6. The van der Waals surface area contributed by atoms with Crippen molar-refractivity contribution in [3.8, 4) is 11.4 Å². The summed E-state index contributed by atoms with van der Waals surface area (Å²) in [7, 11) is 0. The molecule has 0 aliphatic rings. The molecule has 0 aliphatic carbocycles. The molecule has 0 fully saturated rings. The van der Waals surface area contributed by atoms with Gasteiger partial charge in [-0.25, -0.2) is 9.07 Å². The van der Waals surface area contributed by atoms with Crippen LogP contribution in [0, 0.1) is 5.82 Å². The molecule has 0 aliphatic heterocycles. The summed E-state index contributed by atoms with van der Waals surface area (Å²) >= 11 is 5.96. The third-order valence-electron chi connectivity index (χ3n) is 3.01. The van der Waals surface area contributed by atoms with Gasteiger partial charge in [-0.3, -0.25) is 0 Å². The lowest BCUT2D eigenvalue weighted by molar-refractivity contribution is 0.627. The van der Waals surface area contributed by atoms with Crippen molar-refractivity contribution in [2.45, 2.75) is 6.54 Å². The van der Waals surface area contributed by atoms with Gasteiger partial charge in [0.2, 0.25) is 0 Å². The fourth-order valence-corrected chi connectivity index (χ4v) is 2.25. The summed E-state index contributed by atoms with van der Waals surface area (Å²) < 4.78 is 15.0. The number of hydrogen-bond acceptors (Lipinski definition) is 4. The number of nitrogens with two attached hydrogens (primary N) is 1. The van der Waals surface area contributed by atoms with E-state index in [0.29, 0.717) is 28.6 Å². The minimum absolute atomic E-state index is 0.392. The van der Waals surface area contributed by atoms with Gasteiger partial charge in [0.15, 0.2) is 5.82 Å². The van der Waals surface area contributed by atoms with Gasteiger partial charge in [0.1, 0.15) is 5.82 Å². The summed E-state index contributed by atoms with van der Waals surface area (Å²) in [6, 6.07) is 11.5. The Bertz CT molecular complexity index is 787. The molecule has 2 N–H and O–H groups in total. The fourth-order valence-electron chi connectivity index (χ4n) is 2.03. The Hall–Kier alpha value is -2.47. The maximum Gasteiger partial charge on any atom is 0.184 e. The lowest BCUT2D eigenvalue weighted by Gasteiger charge is -2.07. The predicted molar refractivity (Wildman–Crippen MR) is 78.2 cm³/mol. The molecule has 3 rings (SSSR count). The van der Waals surface area contributed by atoms with Gasteiger partial charge in [-0.2, -0.15) is 0 Å². The molecule has 0 spiro atoms. The van der Waals surface area contributed by atoms with Crippen molar-refractivity contribution >= 4 is 17.3 Å². The number of halogens is 2.